The zero-order valence-corrected chi connectivity index (χ0v) is 14.8. The van der Waals surface area contributed by atoms with Crippen molar-refractivity contribution in [2.45, 2.75) is 55.5 Å². The highest BCUT2D eigenvalue weighted by atomic mass is 32.2. The fourth-order valence-corrected chi connectivity index (χ4v) is 5.05. The lowest BCUT2D eigenvalue weighted by Crippen LogP contribution is -2.66. The van der Waals surface area contributed by atoms with Crippen molar-refractivity contribution in [1.29, 1.82) is 5.26 Å². The van der Waals surface area contributed by atoms with E-state index < -0.39 is 26.9 Å². The Hall–Kier alpha value is -2.11. The van der Waals surface area contributed by atoms with Crippen LogP contribution in [-0.4, -0.2) is 36.5 Å². The number of nitrogens with zero attached hydrogens (tertiary/aromatic N) is 2. The molecule has 0 saturated heterocycles. The summed E-state index contributed by atoms with van der Waals surface area (Å²) in [4.78, 5) is 4.43. The van der Waals surface area contributed by atoms with Crippen LogP contribution in [0.25, 0.3) is 0 Å². The molecule has 3 atom stereocenters. The average molecular weight is 350 g/mol. The van der Waals surface area contributed by atoms with Gasteiger partial charge in [0.05, 0.1) is 10.9 Å². The summed E-state index contributed by atoms with van der Waals surface area (Å²) in [5.41, 5.74) is -0.809. The minimum atomic E-state index is -3.83. The third kappa shape index (κ3) is 3.52. The Labute approximate surface area is 142 Å². The van der Waals surface area contributed by atoms with E-state index in [-0.39, 0.29) is 10.9 Å². The predicted molar refractivity (Wildman–Crippen MR) is 90.8 cm³/mol. The van der Waals surface area contributed by atoms with Gasteiger partial charge in [-0.2, -0.15) is 5.26 Å². The summed E-state index contributed by atoms with van der Waals surface area (Å²) < 4.78 is 26.2. The van der Waals surface area contributed by atoms with Crippen LogP contribution in [0.4, 0.5) is 0 Å². The molecule has 7 nitrogen and oxygen atoms in total. The Kier molecular flexibility index (Phi) is 5.16. The standard InChI is InChI=1S/C16H22N4O3S/c1-4-5-13-14(16(3,21)20-15(19-13)18-10-17)24(22,23)12-8-6-11(2)7-9-12/h6-9,13-14,21H,4-5H2,1-3H3,(H2,18,19,20). The van der Waals surface area contributed by atoms with Crippen molar-refractivity contribution in [3.05, 3.63) is 29.8 Å². The maximum absolute atomic E-state index is 13.1. The first-order valence-electron chi connectivity index (χ1n) is 7.76. The maximum atomic E-state index is 13.1. The van der Waals surface area contributed by atoms with Crippen LogP contribution in [0.2, 0.25) is 0 Å². The number of aliphatic imine (C=N–C) groups is 1. The van der Waals surface area contributed by atoms with Crippen LogP contribution in [0, 0.1) is 18.4 Å². The van der Waals surface area contributed by atoms with Crippen LogP contribution >= 0.6 is 0 Å². The van der Waals surface area contributed by atoms with Gasteiger partial charge in [-0.25, -0.2) is 13.4 Å². The van der Waals surface area contributed by atoms with E-state index >= 15 is 0 Å². The van der Waals surface area contributed by atoms with E-state index in [1.54, 1.807) is 18.3 Å². The Balaban J connectivity index is 2.52. The van der Waals surface area contributed by atoms with E-state index in [4.69, 9.17) is 5.26 Å². The van der Waals surface area contributed by atoms with E-state index in [2.05, 4.69) is 15.6 Å². The highest BCUT2D eigenvalue weighted by Gasteiger charge is 2.50. The van der Waals surface area contributed by atoms with Crippen molar-refractivity contribution in [3.8, 4) is 6.19 Å². The molecule has 1 aromatic rings. The monoisotopic (exact) mass is 350 g/mol. The number of hydrogen-bond donors (Lipinski definition) is 3. The molecule has 1 aromatic carbocycles. The van der Waals surface area contributed by atoms with Crippen LogP contribution in [0.5, 0.6) is 0 Å². The molecule has 0 fully saturated rings. The summed E-state index contributed by atoms with van der Waals surface area (Å²) in [7, 11) is -3.83. The van der Waals surface area contributed by atoms with Gasteiger partial charge in [0.25, 0.3) is 0 Å². The number of benzene rings is 1. The van der Waals surface area contributed by atoms with Gasteiger partial charge in [0.2, 0.25) is 5.96 Å². The first-order chi connectivity index (χ1) is 11.2. The number of nitrogens with one attached hydrogen (secondary N) is 2. The largest absolute Gasteiger partial charge is 0.370 e. The van der Waals surface area contributed by atoms with E-state index in [1.807, 2.05) is 13.8 Å². The summed E-state index contributed by atoms with van der Waals surface area (Å²) in [5, 5.41) is 23.3. The summed E-state index contributed by atoms with van der Waals surface area (Å²) in [6, 6.07) is 5.86. The quantitative estimate of drug-likeness (QED) is 0.552. The molecular weight excluding hydrogens is 328 g/mol. The summed E-state index contributed by atoms with van der Waals surface area (Å²) in [6.45, 7) is 5.18. The van der Waals surface area contributed by atoms with Crippen molar-refractivity contribution in [3.63, 3.8) is 0 Å². The van der Waals surface area contributed by atoms with E-state index in [0.29, 0.717) is 12.8 Å². The molecule has 8 heteroatoms. The second-order valence-electron chi connectivity index (χ2n) is 6.12. The Morgan fingerprint density at radius 3 is 2.58 bits per heavy atom. The van der Waals surface area contributed by atoms with Gasteiger partial charge in [-0.05, 0) is 32.4 Å². The molecule has 0 aliphatic carbocycles. The molecule has 0 spiro atoms. The molecule has 2 rings (SSSR count). The van der Waals surface area contributed by atoms with Gasteiger partial charge in [-0.1, -0.05) is 31.0 Å². The molecule has 3 N–H and O–H groups in total. The summed E-state index contributed by atoms with van der Waals surface area (Å²) in [5.74, 6) is 0.0799. The smallest absolute Gasteiger partial charge is 0.207 e. The zero-order valence-electron chi connectivity index (χ0n) is 13.9. The van der Waals surface area contributed by atoms with Crippen molar-refractivity contribution in [2.24, 2.45) is 4.99 Å². The molecule has 130 valence electrons. The number of nitriles is 1. The van der Waals surface area contributed by atoms with Gasteiger partial charge in [-0.15, -0.1) is 0 Å². The Morgan fingerprint density at radius 2 is 2.04 bits per heavy atom. The minimum Gasteiger partial charge on any atom is -0.370 e. The number of guanidine groups is 1. The van der Waals surface area contributed by atoms with Crippen LogP contribution in [0.15, 0.2) is 34.2 Å². The topological polar surface area (TPSA) is 115 Å². The fraction of sp³-hybridized carbons (Fsp3) is 0.500. The van der Waals surface area contributed by atoms with Crippen LogP contribution in [-0.2, 0) is 9.84 Å². The lowest BCUT2D eigenvalue weighted by Gasteiger charge is -2.40. The molecule has 0 bridgehead atoms. The van der Waals surface area contributed by atoms with Crippen molar-refractivity contribution in [2.75, 3.05) is 0 Å². The Morgan fingerprint density at radius 1 is 1.42 bits per heavy atom. The van der Waals surface area contributed by atoms with Crippen molar-refractivity contribution in [1.82, 2.24) is 10.6 Å². The fourth-order valence-electron chi connectivity index (χ4n) is 2.96. The predicted octanol–water partition coefficient (Wildman–Crippen LogP) is 1.04. The lowest BCUT2D eigenvalue weighted by atomic mass is 9.99. The number of hydrogen-bond acceptors (Lipinski definition) is 7. The minimum absolute atomic E-state index is 0.0799. The summed E-state index contributed by atoms with van der Waals surface area (Å²) in [6.07, 6.45) is 2.90. The second kappa shape index (κ2) is 6.79. The third-order valence-corrected chi connectivity index (χ3v) is 6.38. The van der Waals surface area contributed by atoms with Gasteiger partial charge in [-0.3, -0.25) is 5.32 Å². The number of sulfone groups is 1. The molecule has 0 radical (unpaired) electrons. The highest BCUT2D eigenvalue weighted by molar-refractivity contribution is 7.92. The molecule has 1 aliphatic heterocycles. The van der Waals surface area contributed by atoms with Crippen LogP contribution < -0.4 is 10.6 Å². The van der Waals surface area contributed by atoms with E-state index in [1.165, 1.54) is 19.1 Å². The average Bonchev–Trinajstić information content (AvgIpc) is 2.46. The normalized spacial score (nSPS) is 26.9. The van der Waals surface area contributed by atoms with E-state index in [0.717, 1.165) is 5.56 Å². The van der Waals surface area contributed by atoms with Crippen LogP contribution in [0.1, 0.15) is 32.3 Å². The highest BCUT2D eigenvalue weighted by Crippen LogP contribution is 2.31. The molecule has 1 aliphatic rings. The zero-order chi connectivity index (χ0) is 18.0. The summed E-state index contributed by atoms with van der Waals surface area (Å²) >= 11 is 0. The number of aliphatic hydroxyl groups is 1. The van der Waals surface area contributed by atoms with Crippen LogP contribution in [0.3, 0.4) is 0 Å². The first kappa shape index (κ1) is 18.2. The number of rotatable bonds is 4. The number of aryl methyl sites for hydroxylation is 1. The molecular formula is C16H22N4O3S. The van der Waals surface area contributed by atoms with E-state index in [9.17, 15) is 13.5 Å². The first-order valence-corrected chi connectivity index (χ1v) is 9.31. The lowest BCUT2D eigenvalue weighted by molar-refractivity contribution is 0.0253. The second-order valence-corrected chi connectivity index (χ2v) is 8.19. The maximum Gasteiger partial charge on any atom is 0.207 e. The Bertz CT molecular complexity index is 764. The molecule has 0 saturated carbocycles. The van der Waals surface area contributed by atoms with Gasteiger partial charge in [0.1, 0.15) is 5.25 Å². The van der Waals surface area contributed by atoms with Gasteiger partial charge >= 0.3 is 0 Å². The SMILES string of the molecule is CCCC1N=C(NC#N)NC(C)(O)C1S(=O)(=O)c1ccc(C)cc1. The molecule has 0 amide bonds. The molecule has 0 aromatic heterocycles. The van der Waals surface area contributed by atoms with Gasteiger partial charge in [0, 0.05) is 0 Å². The van der Waals surface area contributed by atoms with Gasteiger partial charge < -0.3 is 10.4 Å². The van der Waals surface area contributed by atoms with Gasteiger partial charge in [0.15, 0.2) is 21.8 Å². The third-order valence-electron chi connectivity index (χ3n) is 4.01. The van der Waals surface area contributed by atoms with Crippen molar-refractivity contribution >= 4 is 15.8 Å². The molecule has 3 unspecified atom stereocenters. The molecule has 1 heterocycles. The molecule has 24 heavy (non-hydrogen) atoms. The van der Waals surface area contributed by atoms with Crippen molar-refractivity contribution < 1.29 is 13.5 Å².